The Balaban J connectivity index is 1.87. The first-order chi connectivity index (χ1) is 8.40. The van der Waals surface area contributed by atoms with Gasteiger partial charge in [-0.05, 0) is 42.3 Å². The van der Waals surface area contributed by atoms with E-state index in [2.05, 4.69) is 47.7 Å². The zero-order chi connectivity index (χ0) is 11.7. The minimum Gasteiger partial charge on any atom is -0.317 e. The molecule has 1 fully saturated rings. The van der Waals surface area contributed by atoms with Gasteiger partial charge in [-0.15, -0.1) is 0 Å². The molecule has 0 aliphatic heterocycles. The van der Waals surface area contributed by atoms with Crippen molar-refractivity contribution >= 4 is 10.8 Å². The summed E-state index contributed by atoms with van der Waals surface area (Å²) in [6.07, 6.45) is 5.32. The van der Waals surface area contributed by atoms with Gasteiger partial charge in [-0.1, -0.05) is 31.2 Å². The summed E-state index contributed by atoms with van der Waals surface area (Å²) in [7, 11) is 0. The highest BCUT2D eigenvalue weighted by atomic mass is 14.9. The highest BCUT2D eigenvalue weighted by Crippen LogP contribution is 2.48. The normalized spacial score (nSPS) is 22.9. The van der Waals surface area contributed by atoms with E-state index in [1.165, 1.54) is 22.8 Å². The van der Waals surface area contributed by atoms with Crippen molar-refractivity contribution < 1.29 is 0 Å². The number of nitrogens with zero attached hydrogens (tertiary/aromatic N) is 1. The minimum absolute atomic E-state index is 0.715. The van der Waals surface area contributed by atoms with Crippen LogP contribution in [0.2, 0.25) is 0 Å². The number of fused-ring (bicyclic) bond motifs is 1. The highest BCUT2D eigenvalue weighted by Gasteiger charge is 2.38. The predicted molar refractivity (Wildman–Crippen MR) is 71.1 cm³/mol. The van der Waals surface area contributed by atoms with Gasteiger partial charge in [0.2, 0.25) is 0 Å². The molecule has 1 aliphatic carbocycles. The zero-order valence-electron chi connectivity index (χ0n) is 10.2. The Kier molecular flexibility index (Phi) is 2.81. The molecule has 0 spiro atoms. The molecule has 2 unspecified atom stereocenters. The van der Waals surface area contributed by atoms with Gasteiger partial charge in [-0.3, -0.25) is 4.98 Å². The summed E-state index contributed by atoms with van der Waals surface area (Å²) < 4.78 is 0. The molecule has 0 amide bonds. The van der Waals surface area contributed by atoms with Crippen LogP contribution in [0.15, 0.2) is 36.7 Å². The summed E-state index contributed by atoms with van der Waals surface area (Å²) in [5, 5.41) is 6.08. The van der Waals surface area contributed by atoms with Gasteiger partial charge in [0.05, 0.1) is 0 Å². The SMILES string of the molecule is CCNCC1CC1c1cncc2ccccc12. The Morgan fingerprint density at radius 1 is 1.29 bits per heavy atom. The molecule has 3 rings (SSSR count). The van der Waals surface area contributed by atoms with Gasteiger partial charge in [0.25, 0.3) is 0 Å². The summed E-state index contributed by atoms with van der Waals surface area (Å²) in [6, 6.07) is 8.56. The summed E-state index contributed by atoms with van der Waals surface area (Å²) in [6.45, 7) is 4.37. The number of benzene rings is 1. The number of hydrogen-bond acceptors (Lipinski definition) is 2. The molecule has 2 nitrogen and oxygen atoms in total. The van der Waals surface area contributed by atoms with E-state index in [0.717, 1.165) is 19.0 Å². The van der Waals surface area contributed by atoms with Crippen LogP contribution in [-0.4, -0.2) is 18.1 Å². The number of pyridine rings is 1. The molecule has 1 N–H and O–H groups in total. The minimum atomic E-state index is 0.715. The third-order valence-corrected chi connectivity index (χ3v) is 3.68. The van der Waals surface area contributed by atoms with Gasteiger partial charge in [0.1, 0.15) is 0 Å². The molecule has 2 aromatic rings. The van der Waals surface area contributed by atoms with Gasteiger partial charge in [0, 0.05) is 17.8 Å². The van der Waals surface area contributed by atoms with Gasteiger partial charge >= 0.3 is 0 Å². The van der Waals surface area contributed by atoms with Crippen molar-refractivity contribution in [2.24, 2.45) is 5.92 Å². The van der Waals surface area contributed by atoms with E-state index in [-0.39, 0.29) is 0 Å². The lowest BCUT2D eigenvalue weighted by molar-refractivity contribution is 0.649. The highest BCUT2D eigenvalue weighted by molar-refractivity contribution is 5.85. The molecule has 2 atom stereocenters. The Morgan fingerprint density at radius 2 is 2.18 bits per heavy atom. The Hall–Kier alpha value is -1.41. The van der Waals surface area contributed by atoms with Crippen molar-refractivity contribution in [3.63, 3.8) is 0 Å². The maximum atomic E-state index is 4.37. The van der Waals surface area contributed by atoms with Crippen molar-refractivity contribution in [1.29, 1.82) is 0 Å². The van der Waals surface area contributed by atoms with Crippen LogP contribution in [0.25, 0.3) is 10.8 Å². The van der Waals surface area contributed by atoms with Crippen LogP contribution >= 0.6 is 0 Å². The van der Waals surface area contributed by atoms with Crippen LogP contribution in [0.5, 0.6) is 0 Å². The Labute approximate surface area is 102 Å². The molecular formula is C15H18N2. The molecule has 2 heteroatoms. The van der Waals surface area contributed by atoms with Gasteiger partial charge in [-0.2, -0.15) is 0 Å². The van der Waals surface area contributed by atoms with E-state index in [9.17, 15) is 0 Å². The second-order valence-corrected chi connectivity index (χ2v) is 4.86. The Bertz CT molecular complexity index is 516. The number of aromatic nitrogens is 1. The quantitative estimate of drug-likeness (QED) is 0.867. The molecule has 1 aromatic carbocycles. The van der Waals surface area contributed by atoms with Crippen LogP contribution in [0.4, 0.5) is 0 Å². The molecule has 88 valence electrons. The van der Waals surface area contributed by atoms with E-state index >= 15 is 0 Å². The summed E-state index contributed by atoms with van der Waals surface area (Å²) in [5.74, 6) is 1.52. The second-order valence-electron chi connectivity index (χ2n) is 4.86. The molecular weight excluding hydrogens is 208 g/mol. The summed E-state index contributed by atoms with van der Waals surface area (Å²) in [4.78, 5) is 4.37. The van der Waals surface area contributed by atoms with Crippen molar-refractivity contribution in [3.8, 4) is 0 Å². The van der Waals surface area contributed by atoms with Crippen LogP contribution in [0.1, 0.15) is 24.8 Å². The molecule has 0 bridgehead atoms. The second kappa shape index (κ2) is 4.46. The third-order valence-electron chi connectivity index (χ3n) is 3.68. The molecule has 0 saturated heterocycles. The summed E-state index contributed by atoms with van der Waals surface area (Å²) in [5.41, 5.74) is 1.44. The fourth-order valence-electron chi connectivity index (χ4n) is 2.62. The predicted octanol–water partition coefficient (Wildman–Crippen LogP) is 2.95. The Morgan fingerprint density at radius 3 is 3.06 bits per heavy atom. The van der Waals surface area contributed by atoms with Crippen molar-refractivity contribution in [1.82, 2.24) is 10.3 Å². The lowest BCUT2D eigenvalue weighted by Crippen LogP contribution is -2.16. The van der Waals surface area contributed by atoms with Crippen LogP contribution < -0.4 is 5.32 Å². The molecule has 1 aliphatic rings. The largest absolute Gasteiger partial charge is 0.317 e. The molecule has 1 aromatic heterocycles. The maximum absolute atomic E-state index is 4.37. The lowest BCUT2D eigenvalue weighted by Gasteiger charge is -2.05. The van der Waals surface area contributed by atoms with Gasteiger partial charge in [-0.25, -0.2) is 0 Å². The number of rotatable bonds is 4. The molecule has 1 saturated carbocycles. The fourth-order valence-corrected chi connectivity index (χ4v) is 2.62. The average Bonchev–Trinajstić information content (AvgIpc) is 3.15. The fraction of sp³-hybridized carbons (Fsp3) is 0.400. The third kappa shape index (κ3) is 2.05. The van der Waals surface area contributed by atoms with Crippen LogP contribution in [0, 0.1) is 5.92 Å². The van der Waals surface area contributed by atoms with Gasteiger partial charge in [0.15, 0.2) is 0 Å². The van der Waals surface area contributed by atoms with Crippen LogP contribution in [-0.2, 0) is 0 Å². The van der Waals surface area contributed by atoms with Gasteiger partial charge < -0.3 is 5.32 Å². The standard InChI is InChI=1S/C15H18N2/c1-2-16-9-12-7-14(12)15-10-17-8-11-5-3-4-6-13(11)15/h3-6,8,10,12,14,16H,2,7,9H2,1H3. The average molecular weight is 226 g/mol. The smallest absolute Gasteiger partial charge is 0.0346 e. The molecule has 0 radical (unpaired) electrons. The monoisotopic (exact) mass is 226 g/mol. The first-order valence-electron chi connectivity index (χ1n) is 6.43. The van der Waals surface area contributed by atoms with Crippen molar-refractivity contribution in [2.45, 2.75) is 19.3 Å². The lowest BCUT2D eigenvalue weighted by atomic mass is 10.0. The molecule has 1 heterocycles. The number of hydrogen-bond donors (Lipinski definition) is 1. The number of nitrogens with one attached hydrogen (secondary N) is 1. The topological polar surface area (TPSA) is 24.9 Å². The first-order valence-corrected chi connectivity index (χ1v) is 6.43. The van der Waals surface area contributed by atoms with E-state index < -0.39 is 0 Å². The summed E-state index contributed by atoms with van der Waals surface area (Å²) >= 11 is 0. The van der Waals surface area contributed by atoms with E-state index in [4.69, 9.17) is 0 Å². The first kappa shape index (κ1) is 10.7. The van der Waals surface area contributed by atoms with E-state index in [0.29, 0.717) is 5.92 Å². The maximum Gasteiger partial charge on any atom is 0.0346 e. The van der Waals surface area contributed by atoms with Crippen molar-refractivity contribution in [2.75, 3.05) is 13.1 Å². The van der Waals surface area contributed by atoms with Crippen molar-refractivity contribution in [3.05, 3.63) is 42.2 Å². The zero-order valence-corrected chi connectivity index (χ0v) is 10.2. The van der Waals surface area contributed by atoms with Crippen LogP contribution in [0.3, 0.4) is 0 Å². The van der Waals surface area contributed by atoms with E-state index in [1.807, 2.05) is 6.20 Å². The molecule has 17 heavy (non-hydrogen) atoms. The van der Waals surface area contributed by atoms with E-state index in [1.54, 1.807) is 0 Å².